The van der Waals surface area contributed by atoms with Crippen LogP contribution in [0.5, 0.6) is 5.75 Å². The molecule has 0 aliphatic carbocycles. The second-order valence-corrected chi connectivity index (χ2v) is 7.77. The maximum absolute atomic E-state index is 12.9. The monoisotopic (exact) mass is 422 g/mol. The number of hydrogen-bond acceptors (Lipinski definition) is 7. The molecule has 0 spiro atoms. The molecule has 8 nitrogen and oxygen atoms in total. The number of imide groups is 1. The van der Waals surface area contributed by atoms with Crippen molar-refractivity contribution in [3.05, 3.63) is 47.3 Å². The number of fused-ring (bicyclic) bond motifs is 1. The standard InChI is InChI=1S/C21H18N4O4S/c1-29-15-4-3-13-11-25(18(27)16(13)9-15)12-21(10-17(26)24-19(21)28)7-5-14-6-8-22-20(23-14)30-2/h3-4,6,8-9H,10-12H2,1-2H3,(H,24,26,28)/t21-/m0/s1. The molecular weight excluding hydrogens is 404 g/mol. The van der Waals surface area contributed by atoms with Gasteiger partial charge in [-0.15, -0.1) is 0 Å². The number of carbonyl (C=O) groups excluding carboxylic acids is 3. The Hall–Kier alpha value is -3.38. The van der Waals surface area contributed by atoms with Crippen molar-refractivity contribution in [3.8, 4) is 17.6 Å². The van der Waals surface area contributed by atoms with Crippen LogP contribution in [0.15, 0.2) is 35.6 Å². The molecule has 1 atom stereocenters. The van der Waals surface area contributed by atoms with Gasteiger partial charge in [0.2, 0.25) is 11.8 Å². The smallest absolute Gasteiger partial charge is 0.254 e. The van der Waals surface area contributed by atoms with Crippen LogP contribution >= 0.6 is 11.8 Å². The summed E-state index contributed by atoms with van der Waals surface area (Å²) >= 11 is 1.38. The van der Waals surface area contributed by atoms with E-state index in [1.165, 1.54) is 18.9 Å². The summed E-state index contributed by atoms with van der Waals surface area (Å²) in [6.45, 7) is 0.348. The third-order valence-corrected chi connectivity index (χ3v) is 5.61. The van der Waals surface area contributed by atoms with Gasteiger partial charge < -0.3 is 9.64 Å². The molecule has 0 bridgehead atoms. The topological polar surface area (TPSA) is 101 Å². The average molecular weight is 422 g/mol. The molecule has 1 N–H and O–H groups in total. The van der Waals surface area contributed by atoms with E-state index in [4.69, 9.17) is 4.74 Å². The van der Waals surface area contributed by atoms with Gasteiger partial charge in [0.1, 0.15) is 16.9 Å². The van der Waals surface area contributed by atoms with E-state index in [1.807, 2.05) is 12.3 Å². The van der Waals surface area contributed by atoms with Crippen LogP contribution in [0.1, 0.15) is 28.0 Å². The van der Waals surface area contributed by atoms with Crippen molar-refractivity contribution < 1.29 is 19.1 Å². The molecule has 152 valence electrons. The van der Waals surface area contributed by atoms with Gasteiger partial charge in [-0.1, -0.05) is 23.7 Å². The molecule has 4 rings (SSSR count). The van der Waals surface area contributed by atoms with Gasteiger partial charge >= 0.3 is 0 Å². The van der Waals surface area contributed by atoms with Gasteiger partial charge in [-0.05, 0) is 35.9 Å². The molecule has 1 fully saturated rings. The zero-order valence-electron chi connectivity index (χ0n) is 16.4. The van der Waals surface area contributed by atoms with E-state index in [9.17, 15) is 14.4 Å². The summed E-state index contributed by atoms with van der Waals surface area (Å²) in [5.74, 6) is 5.29. The van der Waals surface area contributed by atoms with Gasteiger partial charge in [0.25, 0.3) is 5.91 Å². The first-order valence-corrected chi connectivity index (χ1v) is 10.4. The fourth-order valence-electron chi connectivity index (χ4n) is 3.53. The number of thioether (sulfide) groups is 1. The summed E-state index contributed by atoms with van der Waals surface area (Å²) in [5, 5.41) is 2.88. The molecule has 1 saturated heterocycles. The van der Waals surface area contributed by atoms with Crippen molar-refractivity contribution in [2.24, 2.45) is 5.41 Å². The van der Waals surface area contributed by atoms with E-state index in [2.05, 4.69) is 27.1 Å². The van der Waals surface area contributed by atoms with Crippen LogP contribution in [-0.2, 0) is 16.1 Å². The van der Waals surface area contributed by atoms with Crippen molar-refractivity contribution in [2.75, 3.05) is 19.9 Å². The van der Waals surface area contributed by atoms with E-state index < -0.39 is 17.2 Å². The van der Waals surface area contributed by atoms with Crippen LogP contribution in [0.2, 0.25) is 0 Å². The maximum Gasteiger partial charge on any atom is 0.254 e. The first-order valence-electron chi connectivity index (χ1n) is 9.15. The van der Waals surface area contributed by atoms with E-state index in [0.29, 0.717) is 28.7 Å². The van der Waals surface area contributed by atoms with E-state index in [-0.39, 0.29) is 18.9 Å². The van der Waals surface area contributed by atoms with E-state index in [0.717, 1.165) is 5.56 Å². The Morgan fingerprint density at radius 3 is 2.83 bits per heavy atom. The van der Waals surface area contributed by atoms with Gasteiger partial charge in [0.05, 0.1) is 13.5 Å². The SMILES string of the molecule is COc1ccc2c(c1)C(=O)N(C[C@]1(C#Cc3ccnc(SC)n3)CC(=O)NC1=O)C2. The highest BCUT2D eigenvalue weighted by atomic mass is 32.2. The molecule has 1 aromatic heterocycles. The molecule has 2 aliphatic rings. The van der Waals surface area contributed by atoms with Crippen molar-refractivity contribution in [1.82, 2.24) is 20.2 Å². The first kappa shape index (κ1) is 19.9. The maximum atomic E-state index is 12.9. The summed E-state index contributed by atoms with van der Waals surface area (Å²) in [4.78, 5) is 47.5. The number of nitrogens with zero attached hydrogens (tertiary/aromatic N) is 3. The quantitative estimate of drug-likeness (QED) is 0.342. The number of hydrogen-bond donors (Lipinski definition) is 1. The van der Waals surface area contributed by atoms with E-state index >= 15 is 0 Å². The Bertz CT molecular complexity index is 1120. The molecule has 0 saturated carbocycles. The number of ether oxygens (including phenoxy) is 1. The molecule has 30 heavy (non-hydrogen) atoms. The molecule has 3 amide bonds. The van der Waals surface area contributed by atoms with Crippen LogP contribution < -0.4 is 10.1 Å². The molecule has 2 aliphatic heterocycles. The predicted octanol–water partition coefficient (Wildman–Crippen LogP) is 1.25. The van der Waals surface area contributed by atoms with Crippen LogP contribution in [0, 0.1) is 17.3 Å². The number of nitrogens with one attached hydrogen (secondary N) is 1. The summed E-state index contributed by atoms with van der Waals surface area (Å²) in [7, 11) is 1.54. The zero-order valence-corrected chi connectivity index (χ0v) is 17.2. The Morgan fingerprint density at radius 2 is 2.13 bits per heavy atom. The van der Waals surface area contributed by atoms with Crippen LogP contribution in [0.4, 0.5) is 0 Å². The lowest BCUT2D eigenvalue weighted by molar-refractivity contribution is -0.127. The molecule has 0 radical (unpaired) electrons. The number of rotatable bonds is 4. The van der Waals surface area contributed by atoms with E-state index in [1.54, 1.807) is 29.3 Å². The minimum atomic E-state index is -1.33. The Morgan fingerprint density at radius 1 is 1.30 bits per heavy atom. The fourth-order valence-corrected chi connectivity index (χ4v) is 3.88. The molecule has 9 heteroatoms. The molecule has 1 aromatic carbocycles. The van der Waals surface area contributed by atoms with Gasteiger partial charge in [-0.3, -0.25) is 19.7 Å². The number of amides is 3. The number of benzene rings is 1. The summed E-state index contributed by atoms with van der Waals surface area (Å²) in [6, 6.07) is 6.93. The molecule has 3 heterocycles. The zero-order chi connectivity index (χ0) is 21.3. The summed E-state index contributed by atoms with van der Waals surface area (Å²) < 4.78 is 5.20. The highest BCUT2D eigenvalue weighted by Crippen LogP contribution is 2.33. The van der Waals surface area contributed by atoms with Crippen molar-refractivity contribution in [1.29, 1.82) is 0 Å². The molecule has 0 unspecified atom stereocenters. The lowest BCUT2D eigenvalue weighted by Gasteiger charge is -2.25. The van der Waals surface area contributed by atoms with Gasteiger partial charge in [0.15, 0.2) is 5.16 Å². The largest absolute Gasteiger partial charge is 0.497 e. The second kappa shape index (κ2) is 7.80. The van der Waals surface area contributed by atoms with Crippen LogP contribution in [0.3, 0.4) is 0 Å². The Kier molecular flexibility index (Phi) is 5.18. The number of methoxy groups -OCH3 is 1. The predicted molar refractivity (Wildman–Crippen MR) is 109 cm³/mol. The third-order valence-electron chi connectivity index (χ3n) is 5.05. The number of aromatic nitrogens is 2. The van der Waals surface area contributed by atoms with Gasteiger partial charge in [-0.25, -0.2) is 9.97 Å². The molecular formula is C21H18N4O4S. The lowest BCUT2D eigenvalue weighted by Crippen LogP contribution is -2.42. The van der Waals surface area contributed by atoms with Gasteiger partial charge in [0, 0.05) is 24.8 Å². The summed E-state index contributed by atoms with van der Waals surface area (Å²) in [5.41, 5.74) is 0.488. The van der Waals surface area contributed by atoms with Crippen molar-refractivity contribution in [3.63, 3.8) is 0 Å². The Labute approximate surface area is 177 Å². The van der Waals surface area contributed by atoms with Crippen molar-refractivity contribution in [2.45, 2.75) is 18.1 Å². The fraction of sp³-hybridized carbons (Fsp3) is 0.286. The number of carbonyl (C=O) groups is 3. The van der Waals surface area contributed by atoms with Gasteiger partial charge in [-0.2, -0.15) is 0 Å². The molecule has 2 aromatic rings. The average Bonchev–Trinajstić information content (AvgIpc) is 3.21. The van der Waals surface area contributed by atoms with Crippen molar-refractivity contribution >= 4 is 29.5 Å². The summed E-state index contributed by atoms with van der Waals surface area (Å²) in [6.07, 6.45) is 3.33. The second-order valence-electron chi connectivity index (χ2n) is 7.00. The highest BCUT2D eigenvalue weighted by molar-refractivity contribution is 7.98. The lowest BCUT2D eigenvalue weighted by atomic mass is 9.86. The van der Waals surface area contributed by atoms with Crippen LogP contribution in [-0.4, -0.2) is 52.5 Å². The minimum absolute atomic E-state index is 0.00781. The van der Waals surface area contributed by atoms with Crippen LogP contribution in [0.25, 0.3) is 0 Å². The Balaban J connectivity index is 1.65. The third kappa shape index (κ3) is 3.62. The normalized spacial score (nSPS) is 19.9. The highest BCUT2D eigenvalue weighted by Gasteiger charge is 2.48. The minimum Gasteiger partial charge on any atom is -0.497 e. The first-order chi connectivity index (χ1) is 14.4.